The Labute approximate surface area is 88.7 Å². The number of hydrogen-bond donors (Lipinski definition) is 1. The average molecular weight is 240 g/mol. The van der Waals surface area contributed by atoms with Crippen LogP contribution in [0.3, 0.4) is 0 Å². The molecule has 1 fully saturated rings. The van der Waals surface area contributed by atoms with Crippen LogP contribution in [0.5, 0.6) is 0 Å². The minimum Gasteiger partial charge on any atom is -0.378 e. The lowest BCUT2D eigenvalue weighted by Crippen LogP contribution is -2.35. The fourth-order valence-corrected chi connectivity index (χ4v) is 1.30. The summed E-state index contributed by atoms with van der Waals surface area (Å²) < 4.78 is 34.6. The van der Waals surface area contributed by atoms with E-state index in [1.807, 2.05) is 0 Å². The van der Waals surface area contributed by atoms with Crippen LogP contribution in [0, 0.1) is 0 Å². The topological polar surface area (TPSA) is 60.2 Å². The number of nitrogens with zero attached hydrogens (tertiary/aromatic N) is 2. The first-order chi connectivity index (χ1) is 7.07. The summed E-state index contributed by atoms with van der Waals surface area (Å²) in [6, 6.07) is -0.324. The highest BCUT2D eigenvalue weighted by Crippen LogP contribution is 2.31. The molecule has 1 aliphatic rings. The molecular weight excluding hydrogens is 232 g/mol. The standard InChI is InChI=1S/C7H8ClF2N3O2/c8-7(9,10)6-12-5(13-15-6)4-3-14-2-1-11-4/h4,11H,1-3H2. The minimum atomic E-state index is -3.62. The van der Waals surface area contributed by atoms with Gasteiger partial charge in [-0.2, -0.15) is 13.8 Å². The number of alkyl halides is 3. The molecule has 0 radical (unpaired) electrons. The summed E-state index contributed by atoms with van der Waals surface area (Å²) in [4.78, 5) is 3.50. The average Bonchev–Trinajstić information content (AvgIpc) is 2.67. The molecule has 2 heterocycles. The van der Waals surface area contributed by atoms with Crippen LogP contribution in [-0.4, -0.2) is 29.9 Å². The summed E-state index contributed by atoms with van der Waals surface area (Å²) in [7, 11) is 0. The zero-order valence-electron chi connectivity index (χ0n) is 7.54. The van der Waals surface area contributed by atoms with Gasteiger partial charge in [-0.05, 0) is 11.6 Å². The van der Waals surface area contributed by atoms with Crippen LogP contribution in [0.2, 0.25) is 0 Å². The molecule has 2 rings (SSSR count). The number of hydrogen-bond acceptors (Lipinski definition) is 5. The van der Waals surface area contributed by atoms with Gasteiger partial charge in [-0.15, -0.1) is 0 Å². The molecule has 8 heteroatoms. The monoisotopic (exact) mass is 239 g/mol. The Kier molecular flexibility index (Phi) is 2.85. The van der Waals surface area contributed by atoms with Crippen molar-refractivity contribution in [3.05, 3.63) is 11.7 Å². The second-order valence-electron chi connectivity index (χ2n) is 3.04. The molecule has 0 spiro atoms. The quantitative estimate of drug-likeness (QED) is 0.781. The molecule has 0 saturated carbocycles. The van der Waals surface area contributed by atoms with Crippen molar-refractivity contribution in [2.75, 3.05) is 19.8 Å². The van der Waals surface area contributed by atoms with E-state index in [2.05, 4.69) is 20.0 Å². The molecule has 0 bridgehead atoms. The summed E-state index contributed by atoms with van der Waals surface area (Å²) in [6.07, 6.45) is 0. The number of ether oxygens (including phenoxy) is 1. The summed E-state index contributed by atoms with van der Waals surface area (Å²) in [5, 5.41) is 2.79. The molecule has 1 saturated heterocycles. The Morgan fingerprint density at radius 1 is 1.53 bits per heavy atom. The van der Waals surface area contributed by atoms with Gasteiger partial charge < -0.3 is 14.6 Å². The molecule has 15 heavy (non-hydrogen) atoms. The van der Waals surface area contributed by atoms with Crippen LogP contribution >= 0.6 is 11.6 Å². The lowest BCUT2D eigenvalue weighted by atomic mass is 10.2. The van der Waals surface area contributed by atoms with E-state index in [-0.39, 0.29) is 11.9 Å². The van der Waals surface area contributed by atoms with Crippen molar-refractivity contribution in [2.45, 2.75) is 11.4 Å². The predicted molar refractivity (Wildman–Crippen MR) is 45.6 cm³/mol. The first-order valence-corrected chi connectivity index (χ1v) is 4.67. The predicted octanol–water partition coefficient (Wildman–Crippen LogP) is 1.02. The van der Waals surface area contributed by atoms with Gasteiger partial charge in [0.2, 0.25) is 0 Å². The SMILES string of the molecule is FC(F)(Cl)c1nc(C2COCCN2)no1. The Bertz CT molecular complexity index is 335. The van der Waals surface area contributed by atoms with E-state index in [0.717, 1.165) is 0 Å². The summed E-state index contributed by atoms with van der Waals surface area (Å²) >= 11 is 4.73. The molecule has 1 unspecified atom stereocenters. The second-order valence-corrected chi connectivity index (χ2v) is 3.51. The van der Waals surface area contributed by atoms with Crippen LogP contribution in [0.15, 0.2) is 4.52 Å². The molecule has 1 aromatic heterocycles. The molecule has 84 valence electrons. The zero-order valence-corrected chi connectivity index (χ0v) is 8.30. The molecule has 0 aliphatic carbocycles. The highest BCUT2D eigenvalue weighted by molar-refractivity contribution is 6.21. The Balaban J connectivity index is 2.12. The number of morpholine rings is 1. The molecule has 1 aromatic rings. The second kappa shape index (κ2) is 3.99. The summed E-state index contributed by atoms with van der Waals surface area (Å²) in [5.41, 5.74) is 0. The molecule has 1 N–H and O–H groups in total. The molecule has 5 nitrogen and oxygen atoms in total. The Hall–Kier alpha value is -0.790. The highest BCUT2D eigenvalue weighted by Gasteiger charge is 2.36. The largest absolute Gasteiger partial charge is 0.400 e. The van der Waals surface area contributed by atoms with E-state index < -0.39 is 11.3 Å². The van der Waals surface area contributed by atoms with Crippen LogP contribution in [0.1, 0.15) is 17.8 Å². The van der Waals surface area contributed by atoms with Gasteiger partial charge in [0, 0.05) is 6.54 Å². The van der Waals surface area contributed by atoms with Gasteiger partial charge in [-0.3, -0.25) is 0 Å². The van der Waals surface area contributed by atoms with E-state index >= 15 is 0 Å². The van der Waals surface area contributed by atoms with Crippen molar-refractivity contribution >= 4 is 11.6 Å². The van der Waals surface area contributed by atoms with Crippen LogP contribution < -0.4 is 5.32 Å². The third-order valence-electron chi connectivity index (χ3n) is 1.92. The third kappa shape index (κ3) is 2.42. The van der Waals surface area contributed by atoms with Crippen LogP contribution in [0.25, 0.3) is 0 Å². The van der Waals surface area contributed by atoms with Gasteiger partial charge in [0.25, 0.3) is 0 Å². The van der Waals surface area contributed by atoms with E-state index in [1.165, 1.54) is 0 Å². The Morgan fingerprint density at radius 2 is 2.33 bits per heavy atom. The first-order valence-electron chi connectivity index (χ1n) is 4.29. The number of halogens is 3. The van der Waals surface area contributed by atoms with Gasteiger partial charge in [0.15, 0.2) is 5.82 Å². The molecule has 1 atom stereocenters. The smallest absolute Gasteiger partial charge is 0.378 e. The maximum atomic E-state index is 12.6. The summed E-state index contributed by atoms with van der Waals surface area (Å²) in [6.45, 7) is 1.52. The van der Waals surface area contributed by atoms with E-state index in [0.29, 0.717) is 19.8 Å². The van der Waals surface area contributed by atoms with E-state index in [9.17, 15) is 8.78 Å². The highest BCUT2D eigenvalue weighted by atomic mass is 35.5. The van der Waals surface area contributed by atoms with Gasteiger partial charge in [-0.25, -0.2) is 0 Å². The Morgan fingerprint density at radius 3 is 2.87 bits per heavy atom. The first kappa shape index (κ1) is 10.7. The van der Waals surface area contributed by atoms with E-state index in [4.69, 9.17) is 16.3 Å². The molecule has 0 amide bonds. The van der Waals surface area contributed by atoms with Crippen molar-refractivity contribution in [3.63, 3.8) is 0 Å². The number of nitrogens with one attached hydrogen (secondary N) is 1. The van der Waals surface area contributed by atoms with Gasteiger partial charge in [0.05, 0.1) is 19.3 Å². The number of aromatic nitrogens is 2. The maximum Gasteiger partial charge on any atom is 0.400 e. The molecular formula is C7H8ClF2N3O2. The normalized spacial score (nSPS) is 23.0. The molecule has 0 aromatic carbocycles. The van der Waals surface area contributed by atoms with Gasteiger partial charge in [0.1, 0.15) is 0 Å². The third-order valence-corrected chi connectivity index (χ3v) is 2.08. The number of rotatable bonds is 2. The van der Waals surface area contributed by atoms with Crippen LogP contribution in [-0.2, 0) is 10.1 Å². The minimum absolute atomic E-state index is 0.130. The lowest BCUT2D eigenvalue weighted by Gasteiger charge is -2.20. The van der Waals surface area contributed by atoms with Crippen molar-refractivity contribution in [3.8, 4) is 0 Å². The fourth-order valence-electron chi connectivity index (χ4n) is 1.22. The lowest BCUT2D eigenvalue weighted by molar-refractivity contribution is 0.0550. The zero-order chi connectivity index (χ0) is 10.9. The van der Waals surface area contributed by atoms with E-state index in [1.54, 1.807) is 0 Å². The molecule has 1 aliphatic heterocycles. The maximum absolute atomic E-state index is 12.6. The fraction of sp³-hybridized carbons (Fsp3) is 0.714. The van der Waals surface area contributed by atoms with Gasteiger partial charge >= 0.3 is 11.3 Å². The van der Waals surface area contributed by atoms with Crippen molar-refractivity contribution in [1.82, 2.24) is 15.5 Å². The van der Waals surface area contributed by atoms with Crippen molar-refractivity contribution < 1.29 is 18.0 Å². The van der Waals surface area contributed by atoms with Crippen molar-refractivity contribution in [2.24, 2.45) is 0 Å². The van der Waals surface area contributed by atoms with Gasteiger partial charge in [-0.1, -0.05) is 5.16 Å². The van der Waals surface area contributed by atoms with Crippen molar-refractivity contribution in [1.29, 1.82) is 0 Å². The summed E-state index contributed by atoms with van der Waals surface area (Å²) in [5.74, 6) is -0.767. The van der Waals surface area contributed by atoms with Crippen LogP contribution in [0.4, 0.5) is 8.78 Å².